The number of carbonyl (C=O) groups excluding carboxylic acids is 2. The van der Waals surface area contributed by atoms with E-state index in [1.54, 1.807) is 36.4 Å². The highest BCUT2D eigenvalue weighted by atomic mass is 35.5. The summed E-state index contributed by atoms with van der Waals surface area (Å²) < 4.78 is 11.6. The summed E-state index contributed by atoms with van der Waals surface area (Å²) in [5, 5.41) is 3.47. The number of ether oxygens (including phenoxy) is 2. The Hall–Kier alpha value is -3.24. The molecule has 0 bridgehead atoms. The number of hydrogen-bond acceptors (Lipinski definition) is 7. The van der Waals surface area contributed by atoms with E-state index in [0.29, 0.717) is 42.1 Å². The van der Waals surface area contributed by atoms with Crippen LogP contribution in [-0.2, 0) is 9.59 Å². The standard InChI is InChI=1S/C27H23Cl2N3O4S2/c1-31(2)18-6-8-19(9-7-18)32-26(34)24(38-27(32)37)13-16-4-11-22(23(12-16)35-3)36-15-25(33)30-21-10-5-17(28)14-20(21)29/h4-14H,15H2,1-3H3,(H,30,33)/b24-13-. The van der Waals surface area contributed by atoms with Gasteiger partial charge in [0.25, 0.3) is 11.8 Å². The van der Waals surface area contributed by atoms with Crippen LogP contribution in [0, 0.1) is 0 Å². The van der Waals surface area contributed by atoms with Crippen molar-refractivity contribution in [2.75, 3.05) is 42.9 Å². The zero-order valence-corrected chi connectivity index (χ0v) is 23.8. The molecule has 0 saturated carbocycles. The predicted octanol–water partition coefficient (Wildman–Crippen LogP) is 6.49. The van der Waals surface area contributed by atoms with Crippen LogP contribution in [-0.4, -0.2) is 43.9 Å². The topological polar surface area (TPSA) is 71.1 Å². The summed E-state index contributed by atoms with van der Waals surface area (Å²) in [6.45, 7) is -0.264. The predicted molar refractivity (Wildman–Crippen MR) is 160 cm³/mol. The molecule has 3 aromatic rings. The number of hydrogen-bond donors (Lipinski definition) is 1. The number of methoxy groups -OCH3 is 1. The maximum atomic E-state index is 13.2. The fourth-order valence-corrected chi connectivity index (χ4v) is 5.31. The minimum atomic E-state index is -0.400. The molecule has 0 unspecified atom stereocenters. The first-order chi connectivity index (χ1) is 18.2. The van der Waals surface area contributed by atoms with Gasteiger partial charge in [-0.05, 0) is 66.2 Å². The van der Waals surface area contributed by atoms with E-state index in [2.05, 4.69) is 5.32 Å². The number of benzene rings is 3. The van der Waals surface area contributed by atoms with Gasteiger partial charge < -0.3 is 19.7 Å². The number of nitrogens with one attached hydrogen (secondary N) is 1. The smallest absolute Gasteiger partial charge is 0.270 e. The minimum absolute atomic E-state index is 0.200. The highest BCUT2D eigenvalue weighted by molar-refractivity contribution is 8.27. The Kier molecular flexibility index (Phi) is 8.83. The second-order valence-corrected chi connectivity index (χ2v) is 10.8. The van der Waals surface area contributed by atoms with E-state index >= 15 is 0 Å². The number of halogens is 2. The number of anilines is 3. The van der Waals surface area contributed by atoms with Crippen molar-refractivity contribution in [1.82, 2.24) is 0 Å². The Balaban J connectivity index is 1.44. The van der Waals surface area contributed by atoms with Gasteiger partial charge in [0.15, 0.2) is 22.4 Å². The molecule has 1 saturated heterocycles. The quantitative estimate of drug-likeness (QED) is 0.238. The molecule has 196 valence electrons. The largest absolute Gasteiger partial charge is 0.493 e. The first-order valence-corrected chi connectivity index (χ1v) is 13.3. The van der Waals surface area contributed by atoms with Crippen molar-refractivity contribution in [3.05, 3.63) is 81.2 Å². The lowest BCUT2D eigenvalue weighted by molar-refractivity contribution is -0.118. The van der Waals surface area contributed by atoms with Crippen LogP contribution >= 0.6 is 47.2 Å². The van der Waals surface area contributed by atoms with Crippen molar-refractivity contribution < 1.29 is 19.1 Å². The third-order valence-corrected chi connectivity index (χ3v) is 7.32. The highest BCUT2D eigenvalue weighted by Gasteiger charge is 2.33. The van der Waals surface area contributed by atoms with Crippen molar-refractivity contribution >= 4 is 86.5 Å². The Morgan fingerprint density at radius 2 is 1.82 bits per heavy atom. The zero-order valence-electron chi connectivity index (χ0n) is 20.7. The first-order valence-electron chi connectivity index (χ1n) is 11.3. The minimum Gasteiger partial charge on any atom is -0.493 e. The van der Waals surface area contributed by atoms with Crippen molar-refractivity contribution in [3.8, 4) is 11.5 Å². The van der Waals surface area contributed by atoms with Crippen LogP contribution in [0.5, 0.6) is 11.5 Å². The number of thioether (sulfide) groups is 1. The van der Waals surface area contributed by atoms with Crippen LogP contribution in [0.15, 0.2) is 65.6 Å². The Bertz CT molecular complexity index is 1430. The van der Waals surface area contributed by atoms with Gasteiger partial charge in [0, 0.05) is 24.8 Å². The number of thiocarbonyl (C=S) groups is 1. The third-order valence-electron chi connectivity index (χ3n) is 5.47. The summed E-state index contributed by atoms with van der Waals surface area (Å²) in [7, 11) is 5.40. The summed E-state index contributed by atoms with van der Waals surface area (Å²) in [4.78, 5) is 29.5. The van der Waals surface area contributed by atoms with E-state index in [4.69, 9.17) is 44.9 Å². The maximum Gasteiger partial charge on any atom is 0.270 e. The average molecular weight is 589 g/mol. The van der Waals surface area contributed by atoms with Crippen molar-refractivity contribution in [2.24, 2.45) is 0 Å². The summed E-state index contributed by atoms with van der Waals surface area (Å²) in [5.41, 5.74) is 2.88. The molecule has 0 aliphatic carbocycles. The molecule has 38 heavy (non-hydrogen) atoms. The van der Waals surface area contributed by atoms with Gasteiger partial charge in [-0.15, -0.1) is 0 Å². The molecular weight excluding hydrogens is 565 g/mol. The van der Waals surface area contributed by atoms with Crippen molar-refractivity contribution in [2.45, 2.75) is 0 Å². The van der Waals surface area contributed by atoms with Gasteiger partial charge in [0.05, 0.1) is 28.4 Å². The summed E-state index contributed by atoms with van der Waals surface area (Å²) >= 11 is 18.7. The lowest BCUT2D eigenvalue weighted by Gasteiger charge is -2.17. The van der Waals surface area contributed by atoms with Gasteiger partial charge in [-0.25, -0.2) is 0 Å². The lowest BCUT2D eigenvalue weighted by Crippen LogP contribution is -2.27. The van der Waals surface area contributed by atoms with Crippen molar-refractivity contribution in [1.29, 1.82) is 0 Å². The zero-order chi connectivity index (χ0) is 27.4. The molecule has 7 nitrogen and oxygen atoms in total. The molecule has 1 fully saturated rings. The summed E-state index contributed by atoms with van der Waals surface area (Å²) in [6, 6.07) is 17.6. The fraction of sp³-hybridized carbons (Fsp3) is 0.148. The highest BCUT2D eigenvalue weighted by Crippen LogP contribution is 2.37. The second-order valence-electron chi connectivity index (χ2n) is 8.30. The van der Waals surface area contributed by atoms with E-state index in [1.165, 1.54) is 29.8 Å². The molecule has 1 N–H and O–H groups in total. The van der Waals surface area contributed by atoms with Gasteiger partial charge in [0.1, 0.15) is 0 Å². The van der Waals surface area contributed by atoms with Gasteiger partial charge in [0.2, 0.25) is 0 Å². The van der Waals surface area contributed by atoms with E-state index in [1.807, 2.05) is 43.3 Å². The molecule has 1 aliphatic rings. The first kappa shape index (κ1) is 27.8. The molecule has 0 atom stereocenters. The van der Waals surface area contributed by atoms with Crippen LogP contribution in [0.3, 0.4) is 0 Å². The number of amides is 2. The molecule has 2 amide bonds. The number of rotatable bonds is 8. The molecule has 4 rings (SSSR count). The van der Waals surface area contributed by atoms with Crippen LogP contribution in [0.25, 0.3) is 6.08 Å². The van der Waals surface area contributed by atoms with Gasteiger partial charge in [-0.2, -0.15) is 0 Å². The molecule has 1 heterocycles. The van der Waals surface area contributed by atoms with E-state index in [-0.39, 0.29) is 12.5 Å². The normalized spacial score (nSPS) is 14.1. The van der Waals surface area contributed by atoms with Gasteiger partial charge in [-0.3, -0.25) is 14.5 Å². The molecular formula is C27H23Cl2N3O4S2. The third kappa shape index (κ3) is 6.42. The Morgan fingerprint density at radius 1 is 1.08 bits per heavy atom. The number of carbonyl (C=O) groups is 2. The Morgan fingerprint density at radius 3 is 2.47 bits per heavy atom. The van der Waals surface area contributed by atoms with Crippen LogP contribution in [0.4, 0.5) is 17.1 Å². The molecule has 0 radical (unpaired) electrons. The summed E-state index contributed by atoms with van der Waals surface area (Å²) in [6.07, 6.45) is 1.75. The molecule has 11 heteroatoms. The molecule has 3 aromatic carbocycles. The SMILES string of the molecule is COc1cc(/C=C2\SC(=S)N(c3ccc(N(C)C)cc3)C2=O)ccc1OCC(=O)Nc1ccc(Cl)cc1Cl. The molecule has 1 aliphatic heterocycles. The van der Waals surface area contributed by atoms with Gasteiger partial charge >= 0.3 is 0 Å². The van der Waals surface area contributed by atoms with Crippen LogP contribution in [0.2, 0.25) is 10.0 Å². The monoisotopic (exact) mass is 587 g/mol. The van der Waals surface area contributed by atoms with E-state index < -0.39 is 5.91 Å². The summed E-state index contributed by atoms with van der Waals surface area (Å²) in [5.74, 6) is 0.179. The maximum absolute atomic E-state index is 13.2. The average Bonchev–Trinajstić information content (AvgIpc) is 3.17. The molecule has 0 aromatic heterocycles. The van der Waals surface area contributed by atoms with Crippen LogP contribution < -0.4 is 24.6 Å². The number of nitrogens with zero attached hydrogens (tertiary/aromatic N) is 2. The van der Waals surface area contributed by atoms with Crippen LogP contribution in [0.1, 0.15) is 5.56 Å². The van der Waals surface area contributed by atoms with E-state index in [0.717, 1.165) is 11.3 Å². The Labute approximate surface area is 240 Å². The fourth-order valence-electron chi connectivity index (χ4n) is 3.56. The van der Waals surface area contributed by atoms with Crippen molar-refractivity contribution in [3.63, 3.8) is 0 Å². The lowest BCUT2D eigenvalue weighted by atomic mass is 10.1. The van der Waals surface area contributed by atoms with E-state index in [9.17, 15) is 9.59 Å². The second kappa shape index (κ2) is 12.1. The molecule has 0 spiro atoms. The van der Waals surface area contributed by atoms with Gasteiger partial charge in [-0.1, -0.05) is 53.2 Å².